The molecule has 0 unspecified atom stereocenters. The Bertz CT molecular complexity index is 654. The van der Waals surface area contributed by atoms with Crippen molar-refractivity contribution in [3.63, 3.8) is 0 Å². The molecule has 0 heterocycles. The maximum absolute atomic E-state index is 11.9. The molecule has 0 saturated heterocycles. The van der Waals surface area contributed by atoms with Crippen molar-refractivity contribution < 1.29 is 24.5 Å². The minimum Gasteiger partial charge on any atom is -0.508 e. The van der Waals surface area contributed by atoms with Gasteiger partial charge in [0, 0.05) is 5.69 Å². The van der Waals surface area contributed by atoms with Crippen molar-refractivity contribution in [1.29, 1.82) is 0 Å². The van der Waals surface area contributed by atoms with Gasteiger partial charge in [-0.05, 0) is 29.8 Å². The zero-order valence-electron chi connectivity index (χ0n) is 12.4. The highest BCUT2D eigenvalue weighted by molar-refractivity contribution is 5.80. The maximum atomic E-state index is 11.9. The first-order valence-electron chi connectivity index (χ1n) is 7.00. The highest BCUT2D eigenvalue weighted by Crippen LogP contribution is 2.14. The van der Waals surface area contributed by atoms with Gasteiger partial charge >= 0.3 is 11.9 Å². The molecule has 0 spiro atoms. The van der Waals surface area contributed by atoms with Crippen molar-refractivity contribution in [2.45, 2.75) is 6.61 Å². The van der Waals surface area contributed by atoms with E-state index < -0.39 is 11.9 Å². The predicted molar refractivity (Wildman–Crippen MR) is 84.2 cm³/mol. The molecule has 2 N–H and O–H groups in total. The van der Waals surface area contributed by atoms with Gasteiger partial charge in [0.15, 0.2) is 0 Å². The number of hydrogen-bond acceptors (Lipinski definition) is 5. The van der Waals surface area contributed by atoms with Gasteiger partial charge in [-0.15, -0.1) is 0 Å². The van der Waals surface area contributed by atoms with Crippen molar-refractivity contribution in [1.82, 2.24) is 0 Å². The fourth-order valence-electron chi connectivity index (χ4n) is 2.00. The smallest absolute Gasteiger partial charge is 0.325 e. The van der Waals surface area contributed by atoms with E-state index >= 15 is 0 Å². The van der Waals surface area contributed by atoms with Crippen LogP contribution in [0, 0.1) is 0 Å². The van der Waals surface area contributed by atoms with E-state index in [1.807, 2.05) is 6.07 Å². The summed E-state index contributed by atoms with van der Waals surface area (Å²) in [5.41, 5.74) is 1.37. The molecular formula is C17H17NO5. The summed E-state index contributed by atoms with van der Waals surface area (Å²) in [6.45, 7) is -0.387. The number of phenols is 1. The average Bonchev–Trinajstić information content (AvgIpc) is 2.54. The molecule has 0 aliphatic carbocycles. The van der Waals surface area contributed by atoms with Gasteiger partial charge in [-0.3, -0.25) is 9.59 Å². The number of nitrogens with zero attached hydrogens (tertiary/aromatic N) is 1. The van der Waals surface area contributed by atoms with Crippen molar-refractivity contribution in [3.05, 3.63) is 60.2 Å². The van der Waals surface area contributed by atoms with Gasteiger partial charge in [-0.2, -0.15) is 0 Å². The van der Waals surface area contributed by atoms with Gasteiger partial charge < -0.3 is 19.8 Å². The number of benzene rings is 2. The van der Waals surface area contributed by atoms with Crippen LogP contribution in [0.3, 0.4) is 0 Å². The molecule has 2 aromatic carbocycles. The maximum Gasteiger partial charge on any atom is 0.325 e. The third-order valence-electron chi connectivity index (χ3n) is 3.10. The number of aliphatic carboxylic acids is 1. The van der Waals surface area contributed by atoms with E-state index in [1.54, 1.807) is 36.4 Å². The minimum absolute atomic E-state index is 0.0643. The SMILES string of the molecule is O=C(O)CN(CC(=O)OCc1ccc(O)cc1)c1ccccc1. The number of carboxylic acid groups (broad SMARTS) is 1. The normalized spacial score (nSPS) is 10.1. The first-order chi connectivity index (χ1) is 11.0. The Morgan fingerprint density at radius 1 is 0.957 bits per heavy atom. The summed E-state index contributed by atoms with van der Waals surface area (Å²) in [6.07, 6.45) is 0. The van der Waals surface area contributed by atoms with Crippen LogP contribution in [-0.2, 0) is 20.9 Å². The van der Waals surface area contributed by atoms with E-state index in [9.17, 15) is 14.7 Å². The molecule has 0 atom stereocenters. The highest BCUT2D eigenvalue weighted by atomic mass is 16.5. The number of carbonyl (C=O) groups excluding carboxylic acids is 1. The lowest BCUT2D eigenvalue weighted by molar-refractivity contribution is -0.143. The molecule has 0 bridgehead atoms. The second kappa shape index (κ2) is 7.84. The molecule has 0 aliphatic rings. The minimum atomic E-state index is -1.03. The zero-order chi connectivity index (χ0) is 16.7. The van der Waals surface area contributed by atoms with Crippen molar-refractivity contribution in [2.75, 3.05) is 18.0 Å². The van der Waals surface area contributed by atoms with E-state index in [0.29, 0.717) is 5.69 Å². The lowest BCUT2D eigenvalue weighted by atomic mass is 10.2. The highest BCUT2D eigenvalue weighted by Gasteiger charge is 2.15. The monoisotopic (exact) mass is 315 g/mol. The lowest BCUT2D eigenvalue weighted by Crippen LogP contribution is -2.35. The van der Waals surface area contributed by atoms with Crippen LogP contribution in [0.15, 0.2) is 54.6 Å². The summed E-state index contributed by atoms with van der Waals surface area (Å²) in [4.78, 5) is 24.3. The van der Waals surface area contributed by atoms with Crippen LogP contribution in [0.1, 0.15) is 5.56 Å². The standard InChI is InChI=1S/C17H17NO5/c19-15-8-6-13(7-9-15)12-23-17(22)11-18(10-16(20)21)14-4-2-1-3-5-14/h1-9,19H,10-12H2,(H,20,21). The van der Waals surface area contributed by atoms with Crippen LogP contribution >= 0.6 is 0 Å². The average molecular weight is 315 g/mol. The Morgan fingerprint density at radius 3 is 2.22 bits per heavy atom. The van der Waals surface area contributed by atoms with E-state index in [1.165, 1.54) is 17.0 Å². The summed E-state index contributed by atoms with van der Waals surface area (Å²) in [5.74, 6) is -1.42. The molecule has 2 aromatic rings. The summed E-state index contributed by atoms with van der Waals surface area (Å²) in [5, 5.41) is 18.2. The molecule has 120 valence electrons. The molecular weight excluding hydrogens is 298 g/mol. The molecule has 0 saturated carbocycles. The Kier molecular flexibility index (Phi) is 5.57. The third-order valence-corrected chi connectivity index (χ3v) is 3.10. The van der Waals surface area contributed by atoms with Crippen molar-refractivity contribution >= 4 is 17.6 Å². The van der Waals surface area contributed by atoms with E-state index in [4.69, 9.17) is 9.84 Å². The lowest BCUT2D eigenvalue weighted by Gasteiger charge is -2.21. The number of anilines is 1. The van der Waals surface area contributed by atoms with E-state index in [0.717, 1.165) is 5.56 Å². The Hall–Kier alpha value is -3.02. The van der Waals surface area contributed by atoms with Crippen LogP contribution < -0.4 is 4.90 Å². The first kappa shape index (κ1) is 16.4. The van der Waals surface area contributed by atoms with Gasteiger partial charge in [0.25, 0.3) is 0 Å². The molecule has 6 nitrogen and oxygen atoms in total. The van der Waals surface area contributed by atoms with Gasteiger partial charge in [0.2, 0.25) is 0 Å². The summed E-state index contributed by atoms with van der Waals surface area (Å²) >= 11 is 0. The van der Waals surface area contributed by atoms with Gasteiger partial charge in [-0.25, -0.2) is 0 Å². The largest absolute Gasteiger partial charge is 0.508 e. The number of rotatable bonds is 7. The first-order valence-corrected chi connectivity index (χ1v) is 7.00. The molecule has 0 amide bonds. The van der Waals surface area contributed by atoms with Gasteiger partial charge in [-0.1, -0.05) is 30.3 Å². The summed E-state index contributed by atoms with van der Waals surface area (Å²) < 4.78 is 5.15. The van der Waals surface area contributed by atoms with Crippen LogP contribution in [0.5, 0.6) is 5.75 Å². The molecule has 0 aliphatic heterocycles. The Labute approximate surface area is 133 Å². The van der Waals surface area contributed by atoms with Crippen molar-refractivity contribution in [2.24, 2.45) is 0 Å². The quantitative estimate of drug-likeness (QED) is 0.760. The number of phenolic OH excluding ortho intramolecular Hbond substituents is 1. The summed E-state index contributed by atoms with van der Waals surface area (Å²) in [7, 11) is 0. The number of esters is 1. The van der Waals surface area contributed by atoms with Crippen LogP contribution in [0.4, 0.5) is 5.69 Å². The molecule has 23 heavy (non-hydrogen) atoms. The van der Waals surface area contributed by atoms with Crippen molar-refractivity contribution in [3.8, 4) is 5.75 Å². The molecule has 2 rings (SSSR count). The number of carboxylic acids is 1. The number of hydrogen-bond donors (Lipinski definition) is 2. The van der Waals surface area contributed by atoms with E-state index in [-0.39, 0.29) is 25.4 Å². The molecule has 6 heteroatoms. The van der Waals surface area contributed by atoms with E-state index in [2.05, 4.69) is 0 Å². The van der Waals surface area contributed by atoms with Crippen LogP contribution in [-0.4, -0.2) is 35.2 Å². The molecule has 0 radical (unpaired) electrons. The fraction of sp³-hybridized carbons (Fsp3) is 0.176. The summed E-state index contributed by atoms with van der Waals surface area (Å²) in [6, 6.07) is 15.1. The second-order valence-corrected chi connectivity index (χ2v) is 4.91. The van der Waals surface area contributed by atoms with Gasteiger partial charge in [0.05, 0.1) is 0 Å². The molecule has 0 aromatic heterocycles. The molecule has 0 fully saturated rings. The Balaban J connectivity index is 1.94. The fourth-order valence-corrected chi connectivity index (χ4v) is 2.00. The van der Waals surface area contributed by atoms with Crippen LogP contribution in [0.25, 0.3) is 0 Å². The topological polar surface area (TPSA) is 87.1 Å². The zero-order valence-corrected chi connectivity index (χ0v) is 12.4. The van der Waals surface area contributed by atoms with Gasteiger partial charge in [0.1, 0.15) is 25.4 Å². The second-order valence-electron chi connectivity index (χ2n) is 4.91. The number of aromatic hydroxyl groups is 1. The Morgan fingerprint density at radius 2 is 1.61 bits per heavy atom. The number of ether oxygens (including phenoxy) is 1. The van der Waals surface area contributed by atoms with Crippen LogP contribution in [0.2, 0.25) is 0 Å². The predicted octanol–water partition coefficient (Wildman–Crippen LogP) is 2.03. The third kappa shape index (κ3) is 5.35. The number of para-hydroxylation sites is 1. The number of carbonyl (C=O) groups is 2.